The van der Waals surface area contributed by atoms with Gasteiger partial charge in [-0.15, -0.1) is 0 Å². The van der Waals surface area contributed by atoms with Crippen LogP contribution in [0.15, 0.2) is 54.6 Å². The van der Waals surface area contributed by atoms with E-state index in [1.807, 2.05) is 16.7 Å². The van der Waals surface area contributed by atoms with Gasteiger partial charge < -0.3 is 9.67 Å². The van der Waals surface area contributed by atoms with Crippen LogP contribution in [0.3, 0.4) is 0 Å². The molecule has 30 heavy (non-hydrogen) atoms. The molecule has 1 saturated carbocycles. The quantitative estimate of drug-likeness (QED) is 0.638. The van der Waals surface area contributed by atoms with Crippen molar-refractivity contribution < 1.29 is 9.90 Å². The molecule has 2 aliphatic rings. The van der Waals surface area contributed by atoms with Crippen LogP contribution in [0.1, 0.15) is 48.4 Å². The summed E-state index contributed by atoms with van der Waals surface area (Å²) in [5.41, 5.74) is 5.28. The van der Waals surface area contributed by atoms with Gasteiger partial charge in [-0.1, -0.05) is 61.4 Å². The Hall–Kier alpha value is -2.59. The molecule has 0 amide bonds. The fourth-order valence-electron chi connectivity index (χ4n) is 6.19. The van der Waals surface area contributed by atoms with E-state index in [4.69, 9.17) is 0 Å². The summed E-state index contributed by atoms with van der Waals surface area (Å²) < 4.78 is 1.96. The summed E-state index contributed by atoms with van der Waals surface area (Å²) in [5, 5.41) is 10.6. The molecule has 1 unspecified atom stereocenters. The molecule has 2 heterocycles. The molecule has 4 nitrogen and oxygen atoms in total. The molecule has 5 rings (SSSR count). The highest BCUT2D eigenvalue weighted by atomic mass is 16.4. The first kappa shape index (κ1) is 19.4. The third-order valence-corrected chi connectivity index (χ3v) is 7.56. The molecule has 3 aromatic rings. The first-order valence-electron chi connectivity index (χ1n) is 11.1. The Morgan fingerprint density at radius 3 is 2.50 bits per heavy atom. The number of benzene rings is 2. The average molecular weight is 403 g/mol. The van der Waals surface area contributed by atoms with Gasteiger partial charge in [0.15, 0.2) is 0 Å². The van der Waals surface area contributed by atoms with Crippen LogP contribution >= 0.6 is 0 Å². The number of likely N-dealkylation sites (tertiary alicyclic amines) is 1. The highest BCUT2D eigenvalue weighted by molar-refractivity contribution is 5.86. The molecule has 1 spiro atoms. The lowest BCUT2D eigenvalue weighted by Gasteiger charge is -2.30. The van der Waals surface area contributed by atoms with Crippen molar-refractivity contribution in [2.45, 2.75) is 51.6 Å². The topological polar surface area (TPSA) is 45.5 Å². The third-order valence-electron chi connectivity index (χ3n) is 7.56. The monoisotopic (exact) mass is 402 g/mol. The fraction of sp³-hybridized carbons (Fsp3) is 0.423. The molecule has 1 aliphatic heterocycles. The number of aliphatic carboxylic acids is 1. The molecule has 1 N–H and O–H groups in total. The number of fused-ring (bicyclic) bond motifs is 1. The first-order valence-corrected chi connectivity index (χ1v) is 11.1. The number of hydrogen-bond acceptors (Lipinski definition) is 2. The summed E-state index contributed by atoms with van der Waals surface area (Å²) >= 11 is 0. The Balaban J connectivity index is 1.49. The second-order valence-corrected chi connectivity index (χ2v) is 9.26. The summed E-state index contributed by atoms with van der Waals surface area (Å²) in [6, 6.07) is 19.3. The highest BCUT2D eigenvalue weighted by Crippen LogP contribution is 2.53. The van der Waals surface area contributed by atoms with Gasteiger partial charge in [-0.3, -0.25) is 9.69 Å². The fourth-order valence-corrected chi connectivity index (χ4v) is 6.19. The predicted octanol–water partition coefficient (Wildman–Crippen LogP) is 5.19. The maximum Gasteiger partial charge on any atom is 0.323 e. The van der Waals surface area contributed by atoms with Crippen molar-refractivity contribution in [2.75, 3.05) is 13.1 Å². The van der Waals surface area contributed by atoms with Crippen molar-refractivity contribution in [1.29, 1.82) is 0 Å². The summed E-state index contributed by atoms with van der Waals surface area (Å²) in [6.45, 7) is 5.22. The minimum atomic E-state index is -0.791. The summed E-state index contributed by atoms with van der Waals surface area (Å²) in [7, 11) is 0. The standard InChI is InChI=1S/C26H30N2O2/c1-19-22(21-11-5-6-12-24(21)28(19)17-25(29)30)15-27-16-23(20-9-3-2-4-10-20)26(18-27)13-7-8-14-26/h2-6,9-12,23H,7-8,13-18H2,1H3,(H,29,30). The van der Waals surface area contributed by atoms with Gasteiger partial charge in [-0.25, -0.2) is 0 Å². The van der Waals surface area contributed by atoms with E-state index < -0.39 is 5.97 Å². The van der Waals surface area contributed by atoms with Gasteiger partial charge in [0, 0.05) is 42.1 Å². The Bertz CT molecular complexity index is 1060. The number of carbonyl (C=O) groups is 1. The number of para-hydroxylation sites is 1. The van der Waals surface area contributed by atoms with Crippen LogP contribution in [-0.4, -0.2) is 33.6 Å². The van der Waals surface area contributed by atoms with Gasteiger partial charge in [0.25, 0.3) is 0 Å². The molecule has 156 valence electrons. The lowest BCUT2D eigenvalue weighted by atomic mass is 9.73. The van der Waals surface area contributed by atoms with E-state index in [0.717, 1.165) is 30.8 Å². The maximum absolute atomic E-state index is 11.5. The molecule has 1 aliphatic carbocycles. The molecule has 1 aromatic heterocycles. The van der Waals surface area contributed by atoms with Crippen LogP contribution in [0.25, 0.3) is 10.9 Å². The highest BCUT2D eigenvalue weighted by Gasteiger charge is 2.48. The zero-order chi connectivity index (χ0) is 20.7. The van der Waals surface area contributed by atoms with Crippen molar-refractivity contribution in [3.63, 3.8) is 0 Å². The molecule has 4 heteroatoms. The summed E-state index contributed by atoms with van der Waals surface area (Å²) in [6.07, 6.45) is 5.33. The zero-order valence-electron chi connectivity index (χ0n) is 17.7. The van der Waals surface area contributed by atoms with E-state index in [9.17, 15) is 9.90 Å². The van der Waals surface area contributed by atoms with Gasteiger partial charge in [0.1, 0.15) is 6.54 Å². The van der Waals surface area contributed by atoms with Crippen LogP contribution < -0.4 is 0 Å². The Labute approximate surface area is 178 Å². The third kappa shape index (κ3) is 3.24. The number of aromatic nitrogens is 1. The van der Waals surface area contributed by atoms with Gasteiger partial charge in [-0.05, 0) is 42.4 Å². The van der Waals surface area contributed by atoms with Crippen LogP contribution in [0.4, 0.5) is 0 Å². The second-order valence-electron chi connectivity index (χ2n) is 9.26. The van der Waals surface area contributed by atoms with E-state index in [1.54, 1.807) is 0 Å². The van der Waals surface area contributed by atoms with Crippen LogP contribution in [0.5, 0.6) is 0 Å². The summed E-state index contributed by atoms with van der Waals surface area (Å²) in [5.74, 6) is -0.200. The largest absolute Gasteiger partial charge is 0.480 e. The first-order chi connectivity index (χ1) is 14.6. The van der Waals surface area contributed by atoms with Gasteiger partial charge in [0.2, 0.25) is 0 Å². The van der Waals surface area contributed by atoms with Crippen molar-refractivity contribution in [3.8, 4) is 0 Å². The van der Waals surface area contributed by atoms with E-state index in [1.165, 1.54) is 42.2 Å². The molecule has 2 aromatic carbocycles. The Kier molecular flexibility index (Phi) is 4.90. The number of carboxylic acid groups (broad SMARTS) is 1. The number of rotatable bonds is 5. The van der Waals surface area contributed by atoms with Crippen LogP contribution in [0.2, 0.25) is 0 Å². The van der Waals surface area contributed by atoms with Crippen molar-refractivity contribution in [1.82, 2.24) is 9.47 Å². The van der Waals surface area contributed by atoms with Crippen molar-refractivity contribution in [2.24, 2.45) is 5.41 Å². The Morgan fingerprint density at radius 1 is 1.07 bits per heavy atom. The molecular weight excluding hydrogens is 372 g/mol. The molecule has 0 bridgehead atoms. The minimum absolute atomic E-state index is 0.0168. The predicted molar refractivity (Wildman–Crippen MR) is 120 cm³/mol. The second kappa shape index (κ2) is 7.59. The SMILES string of the molecule is Cc1c(CN2CC(c3ccccc3)C3(CCCC3)C2)c2ccccc2n1CC(=O)O. The molecule has 0 radical (unpaired) electrons. The van der Waals surface area contributed by atoms with Crippen molar-refractivity contribution in [3.05, 3.63) is 71.4 Å². The average Bonchev–Trinajstić information content (AvgIpc) is 3.43. The molecular formula is C26H30N2O2. The molecule has 1 atom stereocenters. The van der Waals surface area contributed by atoms with Gasteiger partial charge >= 0.3 is 5.97 Å². The van der Waals surface area contributed by atoms with E-state index in [2.05, 4.69) is 54.3 Å². The normalized spacial score (nSPS) is 21.0. The number of nitrogens with zero attached hydrogens (tertiary/aromatic N) is 2. The summed E-state index contributed by atoms with van der Waals surface area (Å²) in [4.78, 5) is 14.1. The lowest BCUT2D eigenvalue weighted by Crippen LogP contribution is -2.26. The zero-order valence-corrected chi connectivity index (χ0v) is 17.7. The smallest absolute Gasteiger partial charge is 0.323 e. The maximum atomic E-state index is 11.5. The van der Waals surface area contributed by atoms with Crippen molar-refractivity contribution >= 4 is 16.9 Å². The van der Waals surface area contributed by atoms with Gasteiger partial charge in [0.05, 0.1) is 0 Å². The van der Waals surface area contributed by atoms with E-state index >= 15 is 0 Å². The van der Waals surface area contributed by atoms with E-state index in [0.29, 0.717) is 11.3 Å². The number of carboxylic acids is 1. The number of hydrogen-bond donors (Lipinski definition) is 1. The lowest BCUT2D eigenvalue weighted by molar-refractivity contribution is -0.137. The van der Waals surface area contributed by atoms with Crippen LogP contribution in [-0.2, 0) is 17.9 Å². The van der Waals surface area contributed by atoms with Crippen LogP contribution in [0, 0.1) is 12.3 Å². The molecule has 1 saturated heterocycles. The Morgan fingerprint density at radius 2 is 1.77 bits per heavy atom. The van der Waals surface area contributed by atoms with E-state index in [-0.39, 0.29) is 6.54 Å². The van der Waals surface area contributed by atoms with Gasteiger partial charge in [-0.2, -0.15) is 0 Å². The minimum Gasteiger partial charge on any atom is -0.480 e. The molecule has 2 fully saturated rings.